The van der Waals surface area contributed by atoms with Gasteiger partial charge in [0.05, 0.1) is 15.6 Å². The van der Waals surface area contributed by atoms with Crippen molar-refractivity contribution in [3.05, 3.63) is 41.5 Å². The van der Waals surface area contributed by atoms with E-state index >= 15 is 0 Å². The quantitative estimate of drug-likeness (QED) is 0.261. The normalized spacial score (nSPS) is 40.5. The number of thioether (sulfide) groups is 2. The first-order chi connectivity index (χ1) is 18.1. The molecule has 1 aromatic rings. The molecule has 1 saturated heterocycles. The summed E-state index contributed by atoms with van der Waals surface area (Å²) in [5, 5.41) is 0. The maximum atomic E-state index is 13.0. The van der Waals surface area contributed by atoms with Gasteiger partial charge in [-0.15, -0.1) is 23.5 Å². The third kappa shape index (κ3) is 4.75. The van der Waals surface area contributed by atoms with Crippen LogP contribution < -0.4 is 0 Å². The van der Waals surface area contributed by atoms with Crippen molar-refractivity contribution in [3.63, 3.8) is 0 Å². The van der Waals surface area contributed by atoms with Crippen molar-refractivity contribution in [2.75, 3.05) is 11.5 Å². The van der Waals surface area contributed by atoms with Crippen LogP contribution in [0.5, 0.6) is 0 Å². The highest BCUT2D eigenvalue weighted by molar-refractivity contribution is 8.17. The number of rotatable bonds is 5. The summed E-state index contributed by atoms with van der Waals surface area (Å²) < 4.78 is 32.6. The van der Waals surface area contributed by atoms with E-state index in [2.05, 4.69) is 50.4 Å². The second-order valence-corrected chi connectivity index (χ2v) is 17.9. The largest absolute Gasteiger partial charge is 0.297 e. The van der Waals surface area contributed by atoms with Crippen molar-refractivity contribution in [1.29, 1.82) is 0 Å². The number of fused-ring (bicyclic) bond motifs is 5. The van der Waals surface area contributed by atoms with Gasteiger partial charge in [0.15, 0.2) is 0 Å². The van der Waals surface area contributed by atoms with E-state index in [1.54, 1.807) is 12.1 Å². The minimum absolute atomic E-state index is 0.205. The molecule has 5 aliphatic rings. The first-order valence-corrected chi connectivity index (χ1v) is 18.5. The highest BCUT2D eigenvalue weighted by Crippen LogP contribution is 2.68. The van der Waals surface area contributed by atoms with Crippen molar-refractivity contribution in [2.24, 2.45) is 40.4 Å². The number of hydrogen-bond acceptors (Lipinski definition) is 5. The number of hydrogen-bond donors (Lipinski definition) is 0. The predicted molar refractivity (Wildman–Crippen MR) is 161 cm³/mol. The lowest BCUT2D eigenvalue weighted by atomic mass is 9.47. The number of allylic oxidation sites excluding steroid dienone is 1. The third-order valence-corrected chi connectivity index (χ3v) is 16.4. The molecule has 8 atom stereocenters. The Morgan fingerprint density at radius 1 is 0.974 bits per heavy atom. The van der Waals surface area contributed by atoms with Crippen LogP contribution in [-0.2, 0) is 14.3 Å². The van der Waals surface area contributed by atoms with Crippen LogP contribution in [0.2, 0.25) is 0 Å². The van der Waals surface area contributed by atoms with Crippen LogP contribution in [0.1, 0.15) is 84.1 Å². The Hall–Kier alpha value is -0.430. The van der Waals surface area contributed by atoms with E-state index < -0.39 is 10.1 Å². The topological polar surface area (TPSA) is 43.4 Å². The van der Waals surface area contributed by atoms with Crippen molar-refractivity contribution in [3.8, 4) is 0 Å². The highest BCUT2D eigenvalue weighted by Gasteiger charge is 2.59. The minimum Gasteiger partial charge on any atom is -0.263 e. The second kappa shape index (κ2) is 10.4. The van der Waals surface area contributed by atoms with Crippen molar-refractivity contribution < 1.29 is 12.6 Å². The molecule has 0 bridgehead atoms. The van der Waals surface area contributed by atoms with E-state index in [0.717, 1.165) is 59.0 Å². The van der Waals surface area contributed by atoms with Gasteiger partial charge >= 0.3 is 0 Å². The highest BCUT2D eigenvalue weighted by atomic mass is 32.2. The molecule has 38 heavy (non-hydrogen) atoms. The average molecular weight is 575 g/mol. The van der Waals surface area contributed by atoms with Crippen LogP contribution in [0.25, 0.3) is 0 Å². The van der Waals surface area contributed by atoms with Crippen molar-refractivity contribution in [1.82, 2.24) is 0 Å². The van der Waals surface area contributed by atoms with Gasteiger partial charge in [-0.05, 0) is 129 Å². The van der Waals surface area contributed by atoms with Gasteiger partial charge in [-0.1, -0.05) is 50.1 Å². The maximum Gasteiger partial charge on any atom is 0.297 e. The standard InChI is InChI=1S/C32H46O3S3/c1-21-6-9-25(10-7-21)38(33,34)35-24-14-16-31(3)23(20-24)8-11-26-28-13-12-27(32(28,4)17-15-29(26)31)22(2)30-36-18-5-19-37-30/h6-10,22,24,26-30H,5,11-20H2,1-4H3/t22-,24+,26+,27-,28+,29+,31+,32-/m1/s1. The molecular weight excluding hydrogens is 529 g/mol. The average Bonchev–Trinajstić information content (AvgIpc) is 3.26. The Labute approximate surface area is 239 Å². The first kappa shape index (κ1) is 27.7. The van der Waals surface area contributed by atoms with Gasteiger partial charge in [-0.2, -0.15) is 8.42 Å². The molecule has 1 aliphatic heterocycles. The number of benzene rings is 1. The minimum atomic E-state index is -3.73. The summed E-state index contributed by atoms with van der Waals surface area (Å²) >= 11 is 4.47. The fourth-order valence-electron chi connectivity index (χ4n) is 9.55. The van der Waals surface area contributed by atoms with E-state index in [-0.39, 0.29) is 16.4 Å². The molecular formula is C32H46O3S3. The van der Waals surface area contributed by atoms with Gasteiger partial charge in [0.25, 0.3) is 10.1 Å². The SMILES string of the molecule is Cc1ccc(S(=O)(=O)O[C@H]2CC[C@@]3(C)C(=CC[C@H]4[C@@H]5CC[C@H]([C@@H](C)C6SCCCS6)[C@@]5(C)CC[C@@H]43)C2)cc1. The van der Waals surface area contributed by atoms with Crippen LogP contribution >= 0.6 is 23.5 Å². The lowest BCUT2D eigenvalue weighted by molar-refractivity contribution is -0.0540. The molecule has 4 aliphatic carbocycles. The lowest BCUT2D eigenvalue weighted by Crippen LogP contribution is -2.51. The van der Waals surface area contributed by atoms with E-state index in [1.165, 1.54) is 55.6 Å². The van der Waals surface area contributed by atoms with Gasteiger partial charge < -0.3 is 0 Å². The monoisotopic (exact) mass is 574 g/mol. The third-order valence-electron chi connectivity index (χ3n) is 11.6. The van der Waals surface area contributed by atoms with Crippen molar-refractivity contribution in [2.45, 2.75) is 101 Å². The van der Waals surface area contributed by atoms with E-state index in [4.69, 9.17) is 4.18 Å². The van der Waals surface area contributed by atoms with Crippen LogP contribution in [-0.4, -0.2) is 30.6 Å². The zero-order valence-corrected chi connectivity index (χ0v) is 26.1. The molecule has 0 N–H and O–H groups in total. The van der Waals surface area contributed by atoms with Crippen LogP contribution in [0.3, 0.4) is 0 Å². The smallest absolute Gasteiger partial charge is 0.263 e. The Morgan fingerprint density at radius 3 is 2.45 bits per heavy atom. The van der Waals surface area contributed by atoms with Gasteiger partial charge in [0.2, 0.25) is 0 Å². The molecule has 6 rings (SSSR count). The predicted octanol–water partition coefficient (Wildman–Crippen LogP) is 8.48. The van der Waals surface area contributed by atoms with E-state index in [0.29, 0.717) is 5.41 Å². The Balaban J connectivity index is 1.16. The first-order valence-electron chi connectivity index (χ1n) is 15.0. The molecule has 4 fully saturated rings. The molecule has 0 spiro atoms. The van der Waals surface area contributed by atoms with Gasteiger partial charge in [-0.25, -0.2) is 0 Å². The summed E-state index contributed by atoms with van der Waals surface area (Å²) in [6.07, 6.45) is 13.0. The van der Waals surface area contributed by atoms with E-state index in [9.17, 15) is 8.42 Å². The van der Waals surface area contributed by atoms with Gasteiger partial charge in [0.1, 0.15) is 0 Å². The summed E-state index contributed by atoms with van der Waals surface area (Å²) in [4.78, 5) is 0.274. The van der Waals surface area contributed by atoms with Crippen LogP contribution in [0.4, 0.5) is 0 Å². The zero-order valence-electron chi connectivity index (χ0n) is 23.7. The number of aryl methyl sites for hydroxylation is 1. The molecule has 0 unspecified atom stereocenters. The summed E-state index contributed by atoms with van der Waals surface area (Å²) in [6.45, 7) is 9.72. The molecule has 3 saturated carbocycles. The molecule has 6 heteroatoms. The summed E-state index contributed by atoms with van der Waals surface area (Å²) in [7, 11) is -3.73. The summed E-state index contributed by atoms with van der Waals surface area (Å²) in [6, 6.07) is 7.02. The Bertz CT molecular complexity index is 1150. The summed E-state index contributed by atoms with van der Waals surface area (Å²) in [5.41, 5.74) is 3.23. The maximum absolute atomic E-state index is 13.0. The molecule has 0 radical (unpaired) electrons. The molecule has 1 heterocycles. The fourth-order valence-corrected chi connectivity index (χ4v) is 13.9. The lowest BCUT2D eigenvalue weighted by Gasteiger charge is -2.58. The molecule has 3 nitrogen and oxygen atoms in total. The Morgan fingerprint density at radius 2 is 1.71 bits per heavy atom. The van der Waals surface area contributed by atoms with Gasteiger partial charge in [-0.3, -0.25) is 4.18 Å². The zero-order chi connectivity index (χ0) is 26.7. The molecule has 0 aromatic heterocycles. The molecule has 1 aromatic carbocycles. The second-order valence-electron chi connectivity index (χ2n) is 13.5. The van der Waals surface area contributed by atoms with E-state index in [1.807, 2.05) is 19.1 Å². The Kier molecular flexibility index (Phi) is 7.62. The van der Waals surface area contributed by atoms with Crippen LogP contribution in [0, 0.1) is 47.3 Å². The summed E-state index contributed by atoms with van der Waals surface area (Å²) in [5.74, 6) is 6.75. The van der Waals surface area contributed by atoms with Crippen molar-refractivity contribution >= 4 is 33.6 Å². The molecule has 210 valence electrons. The fraction of sp³-hybridized carbons (Fsp3) is 0.750. The molecule has 0 amide bonds. The van der Waals surface area contributed by atoms with Gasteiger partial charge in [0, 0.05) is 0 Å². The van der Waals surface area contributed by atoms with Crippen LogP contribution in [0.15, 0.2) is 40.8 Å².